The number of aromatic nitrogens is 3. The first-order chi connectivity index (χ1) is 9.76. The lowest BCUT2D eigenvalue weighted by Gasteiger charge is -2.32. The molecule has 2 aromatic rings. The van der Waals surface area contributed by atoms with Crippen molar-refractivity contribution in [2.45, 2.75) is 18.9 Å². The average Bonchev–Trinajstić information content (AvgIpc) is 2.94. The SMILES string of the molecule is COc1cccc(N2CCC(n3ccc(N)n3)CC2)n1. The Morgan fingerprint density at radius 3 is 2.70 bits per heavy atom. The highest BCUT2D eigenvalue weighted by Crippen LogP contribution is 2.26. The Balaban J connectivity index is 1.66. The van der Waals surface area contributed by atoms with E-state index in [2.05, 4.69) is 15.0 Å². The average molecular weight is 273 g/mol. The van der Waals surface area contributed by atoms with Gasteiger partial charge in [0.2, 0.25) is 5.88 Å². The number of piperidine rings is 1. The van der Waals surface area contributed by atoms with E-state index in [1.165, 1.54) is 0 Å². The summed E-state index contributed by atoms with van der Waals surface area (Å²) >= 11 is 0. The van der Waals surface area contributed by atoms with Crippen LogP contribution >= 0.6 is 0 Å². The Kier molecular flexibility index (Phi) is 3.45. The van der Waals surface area contributed by atoms with E-state index in [0.717, 1.165) is 31.7 Å². The standard InChI is InChI=1S/C14H19N5O/c1-20-14-4-2-3-13(16-14)18-8-5-11(6-9-18)19-10-7-12(15)17-19/h2-4,7,10-11H,5-6,8-9H2,1H3,(H2,15,17). The Morgan fingerprint density at radius 2 is 2.05 bits per heavy atom. The zero-order valence-electron chi connectivity index (χ0n) is 11.6. The van der Waals surface area contributed by atoms with Crippen LogP contribution in [0.5, 0.6) is 5.88 Å². The Labute approximate surface area is 118 Å². The number of nitrogen functional groups attached to an aromatic ring is 1. The molecule has 6 nitrogen and oxygen atoms in total. The van der Waals surface area contributed by atoms with Crippen LogP contribution in [0.3, 0.4) is 0 Å². The molecule has 0 aromatic carbocycles. The molecule has 0 spiro atoms. The molecule has 6 heteroatoms. The molecule has 0 radical (unpaired) electrons. The summed E-state index contributed by atoms with van der Waals surface area (Å²) in [5, 5.41) is 4.30. The van der Waals surface area contributed by atoms with E-state index in [9.17, 15) is 0 Å². The van der Waals surface area contributed by atoms with Crippen molar-refractivity contribution in [1.82, 2.24) is 14.8 Å². The topological polar surface area (TPSA) is 69.2 Å². The van der Waals surface area contributed by atoms with Crippen LogP contribution in [-0.4, -0.2) is 35.0 Å². The van der Waals surface area contributed by atoms with Gasteiger partial charge < -0.3 is 15.4 Å². The first-order valence-corrected chi connectivity index (χ1v) is 6.83. The van der Waals surface area contributed by atoms with Crippen LogP contribution in [-0.2, 0) is 0 Å². The Morgan fingerprint density at radius 1 is 1.25 bits per heavy atom. The maximum Gasteiger partial charge on any atom is 0.214 e. The van der Waals surface area contributed by atoms with Crippen molar-refractivity contribution in [1.29, 1.82) is 0 Å². The van der Waals surface area contributed by atoms with Crippen LogP contribution in [0, 0.1) is 0 Å². The summed E-state index contributed by atoms with van der Waals surface area (Å²) in [5.41, 5.74) is 5.67. The lowest BCUT2D eigenvalue weighted by molar-refractivity contribution is 0.364. The van der Waals surface area contributed by atoms with Gasteiger partial charge in [-0.1, -0.05) is 6.07 Å². The largest absolute Gasteiger partial charge is 0.481 e. The summed E-state index contributed by atoms with van der Waals surface area (Å²) in [4.78, 5) is 6.76. The van der Waals surface area contributed by atoms with Crippen LogP contribution in [0.1, 0.15) is 18.9 Å². The molecule has 0 unspecified atom stereocenters. The van der Waals surface area contributed by atoms with E-state index in [1.807, 2.05) is 35.1 Å². The van der Waals surface area contributed by atoms with Gasteiger partial charge in [-0.25, -0.2) is 0 Å². The predicted octanol–water partition coefficient (Wildman–Crippen LogP) is 1.71. The van der Waals surface area contributed by atoms with E-state index in [1.54, 1.807) is 7.11 Å². The summed E-state index contributed by atoms with van der Waals surface area (Å²) < 4.78 is 7.15. The Bertz CT molecular complexity index is 574. The van der Waals surface area contributed by atoms with Gasteiger partial charge in [0.15, 0.2) is 0 Å². The molecule has 0 aliphatic carbocycles. The molecule has 20 heavy (non-hydrogen) atoms. The molecule has 1 aliphatic heterocycles. The van der Waals surface area contributed by atoms with Gasteiger partial charge >= 0.3 is 0 Å². The molecule has 0 atom stereocenters. The van der Waals surface area contributed by atoms with Gasteiger partial charge in [0, 0.05) is 25.4 Å². The zero-order chi connectivity index (χ0) is 13.9. The molecule has 0 bridgehead atoms. The number of methoxy groups -OCH3 is 1. The summed E-state index contributed by atoms with van der Waals surface area (Å²) in [6, 6.07) is 8.13. The van der Waals surface area contributed by atoms with Crippen molar-refractivity contribution < 1.29 is 4.74 Å². The van der Waals surface area contributed by atoms with E-state index in [-0.39, 0.29) is 0 Å². The maximum atomic E-state index is 5.67. The van der Waals surface area contributed by atoms with Gasteiger partial charge in [-0.3, -0.25) is 4.68 Å². The quantitative estimate of drug-likeness (QED) is 0.922. The normalized spacial score (nSPS) is 16.4. The molecule has 106 valence electrons. The minimum absolute atomic E-state index is 0.425. The summed E-state index contributed by atoms with van der Waals surface area (Å²) in [5.74, 6) is 2.22. The van der Waals surface area contributed by atoms with Crippen LogP contribution < -0.4 is 15.4 Å². The van der Waals surface area contributed by atoms with Crippen LogP contribution in [0.15, 0.2) is 30.5 Å². The minimum Gasteiger partial charge on any atom is -0.481 e. The van der Waals surface area contributed by atoms with E-state index < -0.39 is 0 Å². The molecule has 3 heterocycles. The van der Waals surface area contributed by atoms with Gasteiger partial charge in [-0.2, -0.15) is 10.1 Å². The highest BCUT2D eigenvalue weighted by atomic mass is 16.5. The number of anilines is 2. The maximum absolute atomic E-state index is 5.67. The summed E-state index contributed by atoms with van der Waals surface area (Å²) in [6.07, 6.45) is 4.04. The van der Waals surface area contributed by atoms with Crippen molar-refractivity contribution in [3.05, 3.63) is 30.5 Å². The van der Waals surface area contributed by atoms with Crippen LogP contribution in [0.4, 0.5) is 11.6 Å². The van der Waals surface area contributed by atoms with E-state index in [4.69, 9.17) is 10.5 Å². The lowest BCUT2D eigenvalue weighted by Crippen LogP contribution is -2.35. The van der Waals surface area contributed by atoms with Gasteiger partial charge in [0.05, 0.1) is 13.2 Å². The van der Waals surface area contributed by atoms with Crippen molar-refractivity contribution in [3.8, 4) is 5.88 Å². The number of hydrogen-bond donors (Lipinski definition) is 1. The van der Waals surface area contributed by atoms with Gasteiger partial charge in [-0.05, 0) is 25.0 Å². The second-order valence-electron chi connectivity index (χ2n) is 4.98. The highest BCUT2D eigenvalue weighted by Gasteiger charge is 2.22. The molecule has 1 aliphatic rings. The number of ether oxygens (including phenoxy) is 1. The number of rotatable bonds is 3. The second kappa shape index (κ2) is 5.40. The third kappa shape index (κ3) is 2.54. The molecular formula is C14H19N5O. The molecule has 1 fully saturated rings. The van der Waals surface area contributed by atoms with E-state index >= 15 is 0 Å². The smallest absolute Gasteiger partial charge is 0.214 e. The van der Waals surface area contributed by atoms with E-state index in [0.29, 0.717) is 17.7 Å². The van der Waals surface area contributed by atoms with Gasteiger partial charge in [0.1, 0.15) is 11.6 Å². The number of nitrogens with two attached hydrogens (primary N) is 1. The van der Waals surface area contributed by atoms with Crippen molar-refractivity contribution in [3.63, 3.8) is 0 Å². The molecule has 2 aromatic heterocycles. The minimum atomic E-state index is 0.425. The van der Waals surface area contributed by atoms with Gasteiger partial charge in [0.25, 0.3) is 0 Å². The fourth-order valence-electron chi connectivity index (χ4n) is 2.61. The predicted molar refractivity (Wildman–Crippen MR) is 77.9 cm³/mol. The monoisotopic (exact) mass is 273 g/mol. The molecular weight excluding hydrogens is 254 g/mol. The van der Waals surface area contributed by atoms with Crippen molar-refractivity contribution in [2.75, 3.05) is 30.8 Å². The number of pyridine rings is 1. The molecule has 0 saturated carbocycles. The number of nitrogens with zero attached hydrogens (tertiary/aromatic N) is 4. The molecule has 2 N–H and O–H groups in total. The van der Waals surface area contributed by atoms with Crippen molar-refractivity contribution >= 4 is 11.6 Å². The Hall–Kier alpha value is -2.24. The first kappa shape index (κ1) is 12.8. The number of hydrogen-bond acceptors (Lipinski definition) is 5. The third-order valence-electron chi connectivity index (χ3n) is 3.71. The molecule has 0 amide bonds. The van der Waals surface area contributed by atoms with Gasteiger partial charge in [-0.15, -0.1) is 0 Å². The lowest BCUT2D eigenvalue weighted by atomic mass is 10.1. The van der Waals surface area contributed by atoms with Crippen LogP contribution in [0.25, 0.3) is 0 Å². The molecule has 3 rings (SSSR count). The zero-order valence-corrected chi connectivity index (χ0v) is 11.6. The first-order valence-electron chi connectivity index (χ1n) is 6.83. The summed E-state index contributed by atoms with van der Waals surface area (Å²) in [6.45, 7) is 1.93. The fourth-order valence-corrected chi connectivity index (χ4v) is 2.61. The molecule has 1 saturated heterocycles. The fraction of sp³-hybridized carbons (Fsp3) is 0.429. The van der Waals surface area contributed by atoms with Crippen molar-refractivity contribution in [2.24, 2.45) is 0 Å². The second-order valence-corrected chi connectivity index (χ2v) is 4.98. The summed E-state index contributed by atoms with van der Waals surface area (Å²) in [7, 11) is 1.64. The van der Waals surface area contributed by atoms with Crippen LogP contribution in [0.2, 0.25) is 0 Å². The highest BCUT2D eigenvalue weighted by molar-refractivity contribution is 5.41. The third-order valence-corrected chi connectivity index (χ3v) is 3.71.